The summed E-state index contributed by atoms with van der Waals surface area (Å²) >= 11 is 0. The maximum atomic E-state index is 10.3. The number of carbonyl (C=O) groups is 2. The molecule has 2 radical (unpaired) electrons. The van der Waals surface area contributed by atoms with E-state index in [0.29, 0.717) is 12.8 Å². The third-order valence-corrected chi connectivity index (χ3v) is 3.53. The second-order valence-corrected chi connectivity index (χ2v) is 5.53. The first-order valence-electron chi connectivity index (χ1n) is 8.06. The van der Waals surface area contributed by atoms with E-state index in [1.165, 1.54) is 38.5 Å². The quantitative estimate of drug-likeness (QED) is 0.268. The van der Waals surface area contributed by atoms with Gasteiger partial charge in [0.05, 0.1) is 0 Å². The van der Waals surface area contributed by atoms with Crippen LogP contribution in [0, 0.1) is 0 Å². The zero-order valence-electron chi connectivity index (χ0n) is 13.3. The van der Waals surface area contributed by atoms with E-state index in [9.17, 15) is 9.59 Å². The van der Waals surface area contributed by atoms with Crippen molar-refractivity contribution in [2.45, 2.75) is 89.9 Å². The molecule has 124 valence electrons. The van der Waals surface area contributed by atoms with Crippen LogP contribution in [0.4, 0.5) is 0 Å². The van der Waals surface area contributed by atoms with Crippen LogP contribution in [0.3, 0.4) is 0 Å². The summed E-state index contributed by atoms with van der Waals surface area (Å²) in [5.41, 5.74) is 0. The number of hydrogen-bond donors (Lipinski definition) is 2. The second-order valence-electron chi connectivity index (χ2n) is 5.53. The van der Waals surface area contributed by atoms with Gasteiger partial charge in [-0.1, -0.05) is 64.2 Å². The zero-order valence-corrected chi connectivity index (χ0v) is 18.8. The van der Waals surface area contributed by atoms with Gasteiger partial charge < -0.3 is 10.2 Å². The summed E-state index contributed by atoms with van der Waals surface area (Å²) in [5, 5.41) is 17.0. The van der Waals surface area contributed by atoms with E-state index < -0.39 is 11.9 Å². The Morgan fingerprint density at radius 2 is 0.667 bits per heavy atom. The van der Waals surface area contributed by atoms with Crippen LogP contribution in [0.25, 0.3) is 0 Å². The number of carboxylic acid groups (broad SMARTS) is 2. The third kappa shape index (κ3) is 22.3. The maximum absolute atomic E-state index is 10.3. The molecule has 2 N–H and O–H groups in total. The van der Waals surface area contributed by atoms with Gasteiger partial charge in [-0.25, -0.2) is 0 Å². The summed E-state index contributed by atoms with van der Waals surface area (Å²) in [5.74, 6) is -1.37. The van der Waals surface area contributed by atoms with Gasteiger partial charge in [-0.2, -0.15) is 0 Å². The first-order valence-corrected chi connectivity index (χ1v) is 8.06. The Hall–Kier alpha value is -0.138. The molecule has 0 spiro atoms. The van der Waals surface area contributed by atoms with Crippen LogP contribution in [0.2, 0.25) is 0 Å². The Labute approximate surface area is 148 Å². The minimum absolute atomic E-state index is 0. The van der Waals surface area contributed by atoms with Crippen LogP contribution in [0.5, 0.6) is 0 Å². The molecule has 0 aliphatic rings. The SMILES string of the molecule is O=C(O)CCCCCCCCCCCCCCC(=O)O.[PbH2]. The molecule has 0 amide bonds. The number of carboxylic acids is 2. The molecule has 0 saturated heterocycles. The summed E-state index contributed by atoms with van der Waals surface area (Å²) in [7, 11) is 0. The average molecular weight is 496 g/mol. The summed E-state index contributed by atoms with van der Waals surface area (Å²) in [6.45, 7) is 0. The Morgan fingerprint density at radius 3 is 0.857 bits per heavy atom. The predicted octanol–water partition coefficient (Wildman–Crippen LogP) is 3.70. The van der Waals surface area contributed by atoms with Crippen LogP contribution in [-0.4, -0.2) is 49.5 Å². The molecule has 0 aliphatic carbocycles. The Morgan fingerprint density at radius 1 is 0.476 bits per heavy atom. The van der Waals surface area contributed by atoms with E-state index >= 15 is 0 Å². The standard InChI is InChI=1S/C16H30O4.Pb.2H/c17-15(18)13-11-9-7-5-3-1-2-4-6-8-10-12-14-16(19)20;;;/h1-14H2,(H,17,18)(H,19,20);;;. The second kappa shape index (κ2) is 17.9. The predicted molar refractivity (Wildman–Crippen MR) is 88.5 cm³/mol. The van der Waals surface area contributed by atoms with Crippen molar-refractivity contribution in [1.29, 1.82) is 0 Å². The molecule has 0 fully saturated rings. The van der Waals surface area contributed by atoms with Gasteiger partial charge in [0, 0.05) is 12.8 Å². The van der Waals surface area contributed by atoms with Gasteiger partial charge in [-0.3, -0.25) is 9.59 Å². The molecule has 0 aromatic carbocycles. The van der Waals surface area contributed by atoms with Gasteiger partial charge >= 0.3 is 39.2 Å². The molecule has 0 saturated carbocycles. The van der Waals surface area contributed by atoms with Gasteiger partial charge in [0.2, 0.25) is 0 Å². The van der Waals surface area contributed by atoms with Gasteiger partial charge in [-0.05, 0) is 12.8 Å². The van der Waals surface area contributed by atoms with E-state index in [2.05, 4.69) is 0 Å². The molecule has 4 nitrogen and oxygen atoms in total. The Kier molecular flexibility index (Phi) is 19.7. The van der Waals surface area contributed by atoms with Crippen molar-refractivity contribution < 1.29 is 19.8 Å². The topological polar surface area (TPSA) is 74.6 Å². The molecule has 0 aromatic heterocycles. The fourth-order valence-electron chi connectivity index (χ4n) is 2.32. The molecule has 0 aliphatic heterocycles. The van der Waals surface area contributed by atoms with Crippen molar-refractivity contribution in [2.75, 3.05) is 0 Å². The van der Waals surface area contributed by atoms with E-state index in [4.69, 9.17) is 10.2 Å². The fourth-order valence-corrected chi connectivity index (χ4v) is 2.32. The van der Waals surface area contributed by atoms with E-state index in [1.807, 2.05) is 0 Å². The van der Waals surface area contributed by atoms with Crippen LogP contribution < -0.4 is 0 Å². The summed E-state index contributed by atoms with van der Waals surface area (Å²) < 4.78 is 0. The van der Waals surface area contributed by atoms with Gasteiger partial charge in [0.1, 0.15) is 0 Å². The van der Waals surface area contributed by atoms with Gasteiger partial charge in [0.15, 0.2) is 0 Å². The molecule has 0 atom stereocenters. The van der Waals surface area contributed by atoms with E-state index in [-0.39, 0.29) is 27.3 Å². The van der Waals surface area contributed by atoms with Crippen molar-refractivity contribution in [1.82, 2.24) is 0 Å². The first-order chi connectivity index (χ1) is 9.63. The summed E-state index contributed by atoms with van der Waals surface area (Å²) in [4.78, 5) is 20.6. The zero-order chi connectivity index (χ0) is 15.1. The number of aliphatic carboxylic acids is 2. The van der Waals surface area contributed by atoms with Gasteiger partial charge in [-0.15, -0.1) is 0 Å². The fraction of sp³-hybridized carbons (Fsp3) is 0.875. The summed E-state index contributed by atoms with van der Waals surface area (Å²) in [6.07, 6.45) is 14.1. The van der Waals surface area contributed by atoms with Crippen LogP contribution in [-0.2, 0) is 9.59 Å². The monoisotopic (exact) mass is 496 g/mol. The van der Waals surface area contributed by atoms with Crippen molar-refractivity contribution in [3.8, 4) is 0 Å². The minimum atomic E-state index is -0.687. The van der Waals surface area contributed by atoms with Crippen molar-refractivity contribution in [3.63, 3.8) is 0 Å². The molecule has 0 heterocycles. The Balaban J connectivity index is 0. The normalized spacial score (nSPS) is 10.1. The third-order valence-electron chi connectivity index (χ3n) is 3.53. The molecule has 0 unspecified atom stereocenters. The van der Waals surface area contributed by atoms with Crippen molar-refractivity contribution >= 4 is 39.2 Å². The molecule has 0 aromatic rings. The number of rotatable bonds is 15. The van der Waals surface area contributed by atoms with Gasteiger partial charge in [0.25, 0.3) is 0 Å². The Bertz CT molecular complexity index is 231. The van der Waals surface area contributed by atoms with E-state index in [1.54, 1.807) is 0 Å². The molecule has 21 heavy (non-hydrogen) atoms. The molecular weight excluding hydrogens is 463 g/mol. The van der Waals surface area contributed by atoms with Crippen LogP contribution in [0.1, 0.15) is 89.9 Å². The number of hydrogen-bond acceptors (Lipinski definition) is 2. The van der Waals surface area contributed by atoms with Crippen LogP contribution in [0.15, 0.2) is 0 Å². The van der Waals surface area contributed by atoms with Crippen molar-refractivity contribution in [2.24, 2.45) is 0 Å². The molecule has 5 heteroatoms. The molecule has 0 rings (SSSR count). The summed E-state index contributed by atoms with van der Waals surface area (Å²) in [6, 6.07) is 0. The molecular formula is C16H32O4Pb. The first kappa shape index (κ1) is 23.1. The van der Waals surface area contributed by atoms with Crippen LogP contribution >= 0.6 is 0 Å². The molecule has 0 bridgehead atoms. The van der Waals surface area contributed by atoms with Crippen molar-refractivity contribution in [3.05, 3.63) is 0 Å². The average Bonchev–Trinajstić information content (AvgIpc) is 2.38. The number of unbranched alkanes of at least 4 members (excludes halogenated alkanes) is 11. The van der Waals surface area contributed by atoms with E-state index in [0.717, 1.165) is 38.5 Å².